The third-order valence-corrected chi connectivity index (χ3v) is 3.73. The van der Waals surface area contributed by atoms with E-state index in [4.69, 9.17) is 5.11 Å². The highest BCUT2D eigenvalue weighted by Crippen LogP contribution is 2.37. The minimum atomic E-state index is 0.0599. The molecule has 0 radical (unpaired) electrons. The summed E-state index contributed by atoms with van der Waals surface area (Å²) in [5.41, 5.74) is 1.93. The summed E-state index contributed by atoms with van der Waals surface area (Å²) in [4.78, 5) is 0. The van der Waals surface area contributed by atoms with Crippen LogP contribution in [-0.4, -0.2) is 21.1 Å². The van der Waals surface area contributed by atoms with Crippen molar-refractivity contribution in [1.82, 2.24) is 10.2 Å². The van der Waals surface area contributed by atoms with Gasteiger partial charge in [0, 0.05) is 5.25 Å². The highest BCUT2D eigenvalue weighted by Gasteiger charge is 2.18. The number of aromatic amines is 1. The van der Waals surface area contributed by atoms with Crippen molar-refractivity contribution < 1.29 is 5.11 Å². The molecular formula is C9H14N2OS. The lowest BCUT2D eigenvalue weighted by Gasteiger charge is -2.18. The van der Waals surface area contributed by atoms with Crippen molar-refractivity contribution >= 4 is 11.8 Å². The maximum atomic E-state index is 8.87. The van der Waals surface area contributed by atoms with Crippen molar-refractivity contribution in [3.63, 3.8) is 0 Å². The van der Waals surface area contributed by atoms with E-state index in [1.54, 1.807) is 0 Å². The van der Waals surface area contributed by atoms with Gasteiger partial charge < -0.3 is 5.11 Å². The molecule has 1 aromatic heterocycles. The first-order valence-corrected chi connectivity index (χ1v) is 5.71. The van der Waals surface area contributed by atoms with Crippen molar-refractivity contribution in [3.05, 3.63) is 17.5 Å². The molecule has 0 saturated carbocycles. The summed E-state index contributed by atoms with van der Waals surface area (Å²) in [6, 6.07) is 1.98. The number of aliphatic hydroxyl groups excluding tert-OH is 1. The summed E-state index contributed by atoms with van der Waals surface area (Å²) >= 11 is 1.98. The van der Waals surface area contributed by atoms with Gasteiger partial charge >= 0.3 is 0 Å². The summed E-state index contributed by atoms with van der Waals surface area (Å²) in [7, 11) is 0. The summed E-state index contributed by atoms with van der Waals surface area (Å²) < 4.78 is 0. The molecule has 72 valence electrons. The van der Waals surface area contributed by atoms with Gasteiger partial charge in [0.2, 0.25) is 0 Å². The standard InChI is InChI=1S/C9H14N2OS/c12-6-7-5-8(11-10-7)9-3-1-2-4-13-9/h5,9,12H,1-4,6H2,(H,10,11). The van der Waals surface area contributed by atoms with E-state index < -0.39 is 0 Å². The Morgan fingerprint density at radius 1 is 1.62 bits per heavy atom. The number of aliphatic hydroxyl groups is 1. The van der Waals surface area contributed by atoms with E-state index in [9.17, 15) is 0 Å². The fourth-order valence-electron chi connectivity index (χ4n) is 1.60. The first-order valence-electron chi connectivity index (χ1n) is 4.67. The molecule has 0 aliphatic carbocycles. The highest BCUT2D eigenvalue weighted by atomic mass is 32.2. The van der Waals surface area contributed by atoms with Gasteiger partial charge in [-0.05, 0) is 24.7 Å². The van der Waals surface area contributed by atoms with Crippen LogP contribution in [0.3, 0.4) is 0 Å². The van der Waals surface area contributed by atoms with Crippen LogP contribution >= 0.6 is 11.8 Å². The van der Waals surface area contributed by atoms with Gasteiger partial charge in [-0.3, -0.25) is 5.10 Å². The zero-order chi connectivity index (χ0) is 9.10. The Morgan fingerprint density at radius 3 is 3.15 bits per heavy atom. The molecule has 1 fully saturated rings. The van der Waals surface area contributed by atoms with E-state index in [0.29, 0.717) is 5.25 Å². The molecule has 3 nitrogen and oxygen atoms in total. The van der Waals surface area contributed by atoms with Crippen LogP contribution in [0.15, 0.2) is 6.07 Å². The fourth-order valence-corrected chi connectivity index (χ4v) is 2.88. The lowest BCUT2D eigenvalue weighted by molar-refractivity contribution is 0.276. The van der Waals surface area contributed by atoms with E-state index in [2.05, 4.69) is 10.2 Å². The Bertz CT molecular complexity index is 268. The zero-order valence-corrected chi connectivity index (χ0v) is 8.31. The van der Waals surface area contributed by atoms with E-state index in [1.807, 2.05) is 17.8 Å². The van der Waals surface area contributed by atoms with Gasteiger partial charge in [0.05, 0.1) is 18.0 Å². The van der Waals surface area contributed by atoms with Crippen LogP contribution in [0, 0.1) is 0 Å². The molecule has 2 heterocycles. The van der Waals surface area contributed by atoms with Crippen LogP contribution < -0.4 is 0 Å². The molecule has 0 amide bonds. The van der Waals surface area contributed by atoms with Crippen molar-refractivity contribution in [2.24, 2.45) is 0 Å². The Morgan fingerprint density at radius 2 is 2.54 bits per heavy atom. The zero-order valence-electron chi connectivity index (χ0n) is 7.49. The van der Waals surface area contributed by atoms with Crippen LogP contribution in [0.4, 0.5) is 0 Å². The van der Waals surface area contributed by atoms with Gasteiger partial charge in [-0.1, -0.05) is 6.42 Å². The second-order valence-corrected chi connectivity index (χ2v) is 4.64. The molecule has 1 aliphatic rings. The van der Waals surface area contributed by atoms with Gasteiger partial charge in [-0.2, -0.15) is 16.9 Å². The molecule has 2 N–H and O–H groups in total. The topological polar surface area (TPSA) is 48.9 Å². The Labute approximate surface area is 81.9 Å². The predicted molar refractivity (Wildman–Crippen MR) is 53.6 cm³/mol. The Balaban J connectivity index is 2.05. The fraction of sp³-hybridized carbons (Fsp3) is 0.667. The number of rotatable bonds is 2. The largest absolute Gasteiger partial charge is 0.390 e. The molecule has 1 aromatic rings. The lowest BCUT2D eigenvalue weighted by Crippen LogP contribution is -2.02. The Hall–Kier alpha value is -0.480. The average Bonchev–Trinajstić information content (AvgIpc) is 2.67. The quantitative estimate of drug-likeness (QED) is 0.762. The van der Waals surface area contributed by atoms with Crippen molar-refractivity contribution in [3.8, 4) is 0 Å². The summed E-state index contributed by atoms with van der Waals surface area (Å²) in [6.45, 7) is 0.0599. The molecule has 1 aliphatic heterocycles. The molecule has 1 unspecified atom stereocenters. The minimum absolute atomic E-state index is 0.0599. The van der Waals surface area contributed by atoms with Crippen LogP contribution in [-0.2, 0) is 6.61 Å². The number of hydrogen-bond acceptors (Lipinski definition) is 3. The van der Waals surface area contributed by atoms with Gasteiger partial charge in [0.15, 0.2) is 0 Å². The number of nitrogens with one attached hydrogen (secondary N) is 1. The van der Waals surface area contributed by atoms with E-state index in [1.165, 1.54) is 25.0 Å². The van der Waals surface area contributed by atoms with Gasteiger partial charge in [-0.15, -0.1) is 0 Å². The first kappa shape index (κ1) is 9.09. The predicted octanol–water partition coefficient (Wildman–Crippen LogP) is 1.86. The summed E-state index contributed by atoms with van der Waals surface area (Å²) in [5.74, 6) is 1.24. The molecule has 1 atom stereocenters. The van der Waals surface area contributed by atoms with Gasteiger partial charge in [0.25, 0.3) is 0 Å². The van der Waals surface area contributed by atoms with Crippen molar-refractivity contribution in [2.45, 2.75) is 31.1 Å². The number of nitrogens with zero attached hydrogens (tertiary/aromatic N) is 1. The SMILES string of the molecule is OCc1cc(C2CCCCS2)n[nH]1. The Kier molecular flexibility index (Phi) is 2.90. The van der Waals surface area contributed by atoms with Gasteiger partial charge in [-0.25, -0.2) is 0 Å². The minimum Gasteiger partial charge on any atom is -0.390 e. The number of H-pyrrole nitrogens is 1. The molecule has 4 heteroatoms. The average molecular weight is 198 g/mol. The van der Waals surface area contributed by atoms with Crippen LogP contribution in [0.1, 0.15) is 35.9 Å². The monoisotopic (exact) mass is 198 g/mol. The maximum absolute atomic E-state index is 8.87. The maximum Gasteiger partial charge on any atom is 0.0847 e. The molecule has 2 rings (SSSR count). The molecule has 0 bridgehead atoms. The number of hydrogen-bond donors (Lipinski definition) is 2. The molecule has 1 saturated heterocycles. The van der Waals surface area contributed by atoms with Crippen molar-refractivity contribution in [2.75, 3.05) is 5.75 Å². The second-order valence-electron chi connectivity index (χ2n) is 3.33. The first-order chi connectivity index (χ1) is 6.40. The smallest absolute Gasteiger partial charge is 0.0847 e. The molecule has 0 spiro atoms. The molecular weight excluding hydrogens is 184 g/mol. The van der Waals surface area contributed by atoms with Gasteiger partial charge in [0.1, 0.15) is 0 Å². The summed E-state index contributed by atoms with van der Waals surface area (Å²) in [6.07, 6.45) is 3.86. The lowest BCUT2D eigenvalue weighted by atomic mass is 10.1. The van der Waals surface area contributed by atoms with E-state index in [-0.39, 0.29) is 6.61 Å². The highest BCUT2D eigenvalue weighted by molar-refractivity contribution is 7.99. The van der Waals surface area contributed by atoms with E-state index >= 15 is 0 Å². The molecule has 13 heavy (non-hydrogen) atoms. The van der Waals surface area contributed by atoms with Crippen LogP contribution in [0.25, 0.3) is 0 Å². The number of aromatic nitrogens is 2. The van der Waals surface area contributed by atoms with Crippen LogP contribution in [0.2, 0.25) is 0 Å². The molecule has 0 aromatic carbocycles. The third-order valence-electron chi connectivity index (χ3n) is 2.33. The van der Waals surface area contributed by atoms with E-state index in [0.717, 1.165) is 11.4 Å². The second kappa shape index (κ2) is 4.15. The normalized spacial score (nSPS) is 23.3. The van der Waals surface area contributed by atoms with Crippen molar-refractivity contribution in [1.29, 1.82) is 0 Å². The summed E-state index contributed by atoms with van der Waals surface area (Å²) in [5, 5.41) is 16.5. The third kappa shape index (κ3) is 2.06. The number of thioether (sulfide) groups is 1. The van der Waals surface area contributed by atoms with Crippen LogP contribution in [0.5, 0.6) is 0 Å².